The van der Waals surface area contributed by atoms with Crippen molar-refractivity contribution >= 4 is 45.3 Å². The van der Waals surface area contributed by atoms with Gasteiger partial charge in [0.2, 0.25) is 0 Å². The fourth-order valence-electron chi connectivity index (χ4n) is 5.08. The van der Waals surface area contributed by atoms with Crippen molar-refractivity contribution in [2.75, 3.05) is 0 Å². The van der Waals surface area contributed by atoms with Crippen LogP contribution in [0.3, 0.4) is 0 Å². The van der Waals surface area contributed by atoms with Gasteiger partial charge in [-0.25, -0.2) is 4.98 Å². The SMILES string of the molecule is [Pd+2].[Pd+2].[c-]1c(Sc2[c-]c3c(cc2)c2ccc(Sc4[c-]c(-c5ccccn5)ccc4)[c-]c2n3-c2nccnn2)cccc1-c1ccccn1. The van der Waals surface area contributed by atoms with Gasteiger partial charge in [-0.05, 0) is 23.5 Å². The molecule has 4 aromatic heterocycles. The molecule has 0 bridgehead atoms. The van der Waals surface area contributed by atoms with E-state index in [2.05, 4.69) is 73.7 Å². The minimum absolute atomic E-state index is 0. The molecule has 0 fully saturated rings. The predicted octanol–water partition coefficient (Wildman–Crippen LogP) is 8.59. The van der Waals surface area contributed by atoms with Gasteiger partial charge < -0.3 is 14.5 Å². The molecule has 0 aliphatic carbocycles. The standard InChI is InChI=1S/C37H20N6S2.2Pd/c1-3-17-38-33(11-1)25-7-5-9-27(21-25)44-29-13-15-31-32-16-14-30(24-36(32)43(35(31)23-29)37-40-19-20-41-42-37)45-28-10-6-8-26(22-28)34-12-2-4-18-39-34;;/h1-20H;;/q-4;2*+2. The molecule has 0 unspecified atom stereocenters. The Morgan fingerprint density at radius 2 is 1.00 bits per heavy atom. The summed E-state index contributed by atoms with van der Waals surface area (Å²) in [5, 5.41) is 10.5. The molecule has 0 saturated carbocycles. The van der Waals surface area contributed by atoms with Crippen molar-refractivity contribution in [1.82, 2.24) is 29.7 Å². The number of hydrogen-bond acceptors (Lipinski definition) is 7. The first-order valence-electron chi connectivity index (χ1n) is 14.1. The third-order valence-corrected chi connectivity index (χ3v) is 8.89. The van der Waals surface area contributed by atoms with Crippen LogP contribution in [0.5, 0.6) is 0 Å². The van der Waals surface area contributed by atoms with E-state index in [-0.39, 0.29) is 40.8 Å². The third kappa shape index (κ3) is 7.00. The van der Waals surface area contributed by atoms with Gasteiger partial charge in [-0.15, -0.1) is 110 Å². The Bertz CT molecular complexity index is 2140. The maximum Gasteiger partial charge on any atom is 2.00 e. The zero-order chi connectivity index (χ0) is 30.0. The van der Waals surface area contributed by atoms with E-state index in [1.54, 1.807) is 48.3 Å². The van der Waals surface area contributed by atoms with Gasteiger partial charge in [0.15, 0.2) is 0 Å². The quantitative estimate of drug-likeness (QED) is 0.118. The van der Waals surface area contributed by atoms with E-state index < -0.39 is 0 Å². The molecule has 0 saturated heterocycles. The van der Waals surface area contributed by atoms with Gasteiger partial charge in [0.25, 0.3) is 5.95 Å². The van der Waals surface area contributed by atoms with Gasteiger partial charge in [-0.2, -0.15) is 40.1 Å². The molecule has 0 radical (unpaired) electrons. The Morgan fingerprint density at radius 1 is 0.468 bits per heavy atom. The summed E-state index contributed by atoms with van der Waals surface area (Å²) in [5.41, 5.74) is 5.37. The molecule has 0 aliphatic heterocycles. The zero-order valence-corrected chi connectivity index (χ0v) is 28.9. The van der Waals surface area contributed by atoms with E-state index in [0.717, 1.165) is 63.9 Å². The van der Waals surface area contributed by atoms with E-state index in [1.807, 2.05) is 77.4 Å². The number of benzene rings is 4. The minimum atomic E-state index is 0. The molecule has 47 heavy (non-hydrogen) atoms. The molecule has 0 N–H and O–H groups in total. The van der Waals surface area contributed by atoms with Crippen molar-refractivity contribution in [3.8, 4) is 28.5 Å². The normalized spacial score (nSPS) is 10.8. The van der Waals surface area contributed by atoms with Crippen molar-refractivity contribution in [3.63, 3.8) is 0 Å². The summed E-state index contributed by atoms with van der Waals surface area (Å²) in [7, 11) is 0. The van der Waals surface area contributed by atoms with Crippen molar-refractivity contribution in [2.45, 2.75) is 19.6 Å². The molecule has 10 heteroatoms. The molecular weight excluding hydrogens is 805 g/mol. The molecule has 4 heterocycles. The third-order valence-electron chi connectivity index (χ3n) is 7.06. The van der Waals surface area contributed by atoms with Crippen molar-refractivity contribution in [1.29, 1.82) is 0 Å². The monoisotopic (exact) mass is 824 g/mol. The van der Waals surface area contributed by atoms with Crippen LogP contribution in [0, 0.1) is 24.3 Å². The van der Waals surface area contributed by atoms with E-state index in [1.165, 1.54) is 0 Å². The number of pyridine rings is 2. The summed E-state index contributed by atoms with van der Waals surface area (Å²) in [5.74, 6) is 0.460. The Kier molecular flexibility index (Phi) is 10.4. The second-order valence-corrected chi connectivity index (χ2v) is 12.1. The number of rotatable bonds is 7. The second kappa shape index (κ2) is 14.8. The molecule has 6 nitrogen and oxygen atoms in total. The molecule has 4 aromatic carbocycles. The first-order chi connectivity index (χ1) is 22.3. The Morgan fingerprint density at radius 3 is 1.47 bits per heavy atom. The van der Waals surface area contributed by atoms with E-state index in [9.17, 15) is 0 Å². The van der Waals surface area contributed by atoms with E-state index >= 15 is 0 Å². The van der Waals surface area contributed by atoms with Crippen LogP contribution in [0.4, 0.5) is 0 Å². The van der Waals surface area contributed by atoms with Crippen LogP contribution in [0.1, 0.15) is 0 Å². The molecule has 8 aromatic rings. The average Bonchev–Trinajstić information content (AvgIpc) is 3.42. The van der Waals surface area contributed by atoms with E-state index in [0.29, 0.717) is 5.95 Å². The predicted molar refractivity (Wildman–Crippen MR) is 177 cm³/mol. The summed E-state index contributed by atoms with van der Waals surface area (Å²) >= 11 is 3.19. The Hall–Kier alpha value is -3.99. The summed E-state index contributed by atoms with van der Waals surface area (Å²) in [6.07, 6.45) is 6.81. The zero-order valence-electron chi connectivity index (χ0n) is 24.2. The molecule has 0 atom stereocenters. The summed E-state index contributed by atoms with van der Waals surface area (Å²) in [6.45, 7) is 0. The van der Waals surface area contributed by atoms with Crippen molar-refractivity contribution in [3.05, 3.63) is 146 Å². The molecule has 0 amide bonds. The van der Waals surface area contributed by atoms with Crippen LogP contribution in [0.25, 0.3) is 50.3 Å². The van der Waals surface area contributed by atoms with Gasteiger partial charge in [0.05, 0.1) is 12.4 Å². The summed E-state index contributed by atoms with van der Waals surface area (Å²) < 4.78 is 1.98. The summed E-state index contributed by atoms with van der Waals surface area (Å²) in [4.78, 5) is 17.3. The van der Waals surface area contributed by atoms with Gasteiger partial charge in [0, 0.05) is 12.4 Å². The topological polar surface area (TPSA) is 69.4 Å². The Balaban J connectivity index is 0.00000193. The molecule has 8 rings (SSSR count). The fourth-order valence-corrected chi connectivity index (χ4v) is 6.74. The van der Waals surface area contributed by atoms with Crippen LogP contribution in [0.2, 0.25) is 0 Å². The number of fused-ring (bicyclic) bond motifs is 3. The summed E-state index contributed by atoms with van der Waals surface area (Å²) in [6, 6.07) is 46.6. The smallest absolute Gasteiger partial charge is 0.327 e. The van der Waals surface area contributed by atoms with Gasteiger partial charge in [0.1, 0.15) is 0 Å². The largest absolute Gasteiger partial charge is 2.00 e. The number of hydrogen-bond donors (Lipinski definition) is 0. The van der Waals surface area contributed by atoms with Crippen LogP contribution >= 0.6 is 23.5 Å². The van der Waals surface area contributed by atoms with Gasteiger partial charge in [-0.3, -0.25) is 0 Å². The van der Waals surface area contributed by atoms with Gasteiger partial charge in [-0.1, -0.05) is 45.1 Å². The molecule has 0 aliphatic rings. The fraction of sp³-hybridized carbons (Fsp3) is 0. The van der Waals surface area contributed by atoms with Crippen LogP contribution in [0.15, 0.2) is 141 Å². The first kappa shape index (κ1) is 32.9. The maximum atomic E-state index is 4.55. The average molecular weight is 826 g/mol. The van der Waals surface area contributed by atoms with Crippen molar-refractivity contribution < 1.29 is 40.8 Å². The molecule has 0 spiro atoms. The number of nitrogens with zero attached hydrogens (tertiary/aromatic N) is 6. The maximum absolute atomic E-state index is 4.55. The second-order valence-electron chi connectivity index (χ2n) is 9.94. The minimum Gasteiger partial charge on any atom is -0.327 e. The molecule has 230 valence electrons. The Labute approximate surface area is 307 Å². The first-order valence-corrected chi connectivity index (χ1v) is 15.7. The van der Waals surface area contributed by atoms with Crippen molar-refractivity contribution in [2.24, 2.45) is 0 Å². The molecular formula is C37H20N6Pd2S2. The van der Waals surface area contributed by atoms with Crippen LogP contribution in [-0.2, 0) is 40.8 Å². The van der Waals surface area contributed by atoms with Crippen LogP contribution in [-0.4, -0.2) is 29.7 Å². The van der Waals surface area contributed by atoms with Gasteiger partial charge >= 0.3 is 40.8 Å². The number of aromatic nitrogens is 6. The van der Waals surface area contributed by atoms with E-state index in [4.69, 9.17) is 0 Å². The van der Waals surface area contributed by atoms with Crippen LogP contribution < -0.4 is 0 Å².